The number of anilines is 1. The molecule has 9 heteroatoms. The van der Waals surface area contributed by atoms with Crippen molar-refractivity contribution >= 4 is 15.7 Å². The molecule has 0 amide bonds. The second-order valence-corrected chi connectivity index (χ2v) is 7.13. The fourth-order valence-corrected chi connectivity index (χ4v) is 3.32. The maximum Gasteiger partial charge on any atom is 0.295 e. The van der Waals surface area contributed by atoms with Gasteiger partial charge in [0, 0.05) is 11.6 Å². The van der Waals surface area contributed by atoms with Crippen molar-refractivity contribution in [3.63, 3.8) is 0 Å². The van der Waals surface area contributed by atoms with Crippen LogP contribution in [0.15, 0.2) is 44.4 Å². The largest absolute Gasteiger partial charge is 0.497 e. The summed E-state index contributed by atoms with van der Waals surface area (Å²) in [5, 5.41) is 3.59. The van der Waals surface area contributed by atoms with E-state index in [-0.39, 0.29) is 16.5 Å². The number of furan rings is 1. The average Bonchev–Trinajstić information content (AvgIpc) is 3.23. The van der Waals surface area contributed by atoms with Crippen LogP contribution in [-0.4, -0.2) is 27.8 Å². The molecule has 8 nitrogen and oxygen atoms in total. The molecule has 0 fully saturated rings. The van der Waals surface area contributed by atoms with E-state index in [9.17, 15) is 8.42 Å². The van der Waals surface area contributed by atoms with E-state index in [1.165, 1.54) is 26.4 Å². The first-order chi connectivity index (χ1) is 12.4. The second kappa shape index (κ2) is 6.75. The predicted octanol–water partition coefficient (Wildman–Crippen LogP) is 3.37. The number of hydrogen-bond donors (Lipinski definition) is 1. The average molecular weight is 378 g/mol. The first-order valence-electron chi connectivity index (χ1n) is 7.63. The molecule has 0 spiro atoms. The predicted molar refractivity (Wildman–Crippen MR) is 94.0 cm³/mol. The second-order valence-electron chi connectivity index (χ2n) is 5.51. The monoisotopic (exact) mass is 378 g/mol. The molecule has 0 saturated carbocycles. The van der Waals surface area contributed by atoms with Crippen molar-refractivity contribution in [2.45, 2.75) is 18.9 Å². The van der Waals surface area contributed by atoms with Crippen LogP contribution in [0.5, 0.6) is 11.5 Å². The molecule has 0 aliphatic rings. The summed E-state index contributed by atoms with van der Waals surface area (Å²) in [6.07, 6.45) is 0. The minimum Gasteiger partial charge on any atom is -0.497 e. The fraction of sp³-hybridized carbons (Fsp3) is 0.235. The number of aryl methyl sites for hydroxylation is 1. The van der Waals surface area contributed by atoms with Gasteiger partial charge in [0.1, 0.15) is 11.5 Å². The summed E-state index contributed by atoms with van der Waals surface area (Å²) < 4.78 is 48.6. The summed E-state index contributed by atoms with van der Waals surface area (Å²) in [5.74, 6) is 1.54. The highest BCUT2D eigenvalue weighted by atomic mass is 32.2. The quantitative estimate of drug-likeness (QED) is 0.701. The maximum atomic E-state index is 12.6. The summed E-state index contributed by atoms with van der Waals surface area (Å²) in [7, 11) is -1.01. The summed E-state index contributed by atoms with van der Waals surface area (Å²) in [4.78, 5) is 0. The van der Waals surface area contributed by atoms with Crippen LogP contribution in [0.1, 0.15) is 11.3 Å². The topological polar surface area (TPSA) is 104 Å². The molecular weight excluding hydrogens is 360 g/mol. The zero-order chi connectivity index (χ0) is 18.9. The van der Waals surface area contributed by atoms with E-state index >= 15 is 0 Å². The fourth-order valence-electron chi connectivity index (χ4n) is 2.31. The smallest absolute Gasteiger partial charge is 0.295 e. The molecule has 0 aliphatic heterocycles. The van der Waals surface area contributed by atoms with E-state index in [1.54, 1.807) is 25.1 Å². The number of benzene rings is 1. The number of sulfonamides is 1. The number of ether oxygens (including phenoxy) is 2. The van der Waals surface area contributed by atoms with Gasteiger partial charge >= 0.3 is 0 Å². The van der Waals surface area contributed by atoms with Gasteiger partial charge in [0.2, 0.25) is 10.9 Å². The molecule has 26 heavy (non-hydrogen) atoms. The zero-order valence-corrected chi connectivity index (χ0v) is 15.5. The Bertz CT molecular complexity index is 1040. The Hall–Kier alpha value is -2.94. The molecule has 1 aromatic carbocycles. The van der Waals surface area contributed by atoms with Crippen molar-refractivity contribution in [3.8, 4) is 23.0 Å². The van der Waals surface area contributed by atoms with Crippen molar-refractivity contribution in [1.29, 1.82) is 0 Å². The zero-order valence-electron chi connectivity index (χ0n) is 14.7. The Kier molecular flexibility index (Phi) is 4.64. The Labute approximate surface area is 150 Å². The minimum atomic E-state index is -3.96. The number of aromatic nitrogens is 1. The number of rotatable bonds is 6. The van der Waals surface area contributed by atoms with Gasteiger partial charge < -0.3 is 18.4 Å². The van der Waals surface area contributed by atoms with E-state index in [0.29, 0.717) is 23.0 Å². The summed E-state index contributed by atoms with van der Waals surface area (Å²) >= 11 is 0. The third kappa shape index (κ3) is 3.25. The molecule has 3 aromatic rings. The number of nitrogens with one attached hydrogen (secondary N) is 1. The van der Waals surface area contributed by atoms with Crippen LogP contribution < -0.4 is 14.2 Å². The van der Waals surface area contributed by atoms with Gasteiger partial charge in [0.25, 0.3) is 10.0 Å². The highest BCUT2D eigenvalue weighted by Crippen LogP contribution is 2.33. The molecule has 2 aromatic heterocycles. The van der Waals surface area contributed by atoms with Gasteiger partial charge in [-0.05, 0) is 38.1 Å². The van der Waals surface area contributed by atoms with Gasteiger partial charge in [-0.1, -0.05) is 5.16 Å². The SMILES string of the molecule is COc1ccc(NS(=O)(=O)c2ccc(-c3onc(C)c3C)o2)c(OC)c1. The van der Waals surface area contributed by atoms with E-state index < -0.39 is 10.0 Å². The summed E-state index contributed by atoms with van der Waals surface area (Å²) in [6, 6.07) is 7.61. The Balaban J connectivity index is 1.91. The molecule has 0 saturated heterocycles. The van der Waals surface area contributed by atoms with Gasteiger partial charge in [-0.15, -0.1) is 0 Å². The van der Waals surface area contributed by atoms with Crippen molar-refractivity contribution in [1.82, 2.24) is 5.16 Å². The lowest BCUT2D eigenvalue weighted by molar-refractivity contribution is 0.395. The molecule has 1 N–H and O–H groups in total. The third-order valence-electron chi connectivity index (χ3n) is 3.88. The van der Waals surface area contributed by atoms with Crippen molar-refractivity contribution in [2.24, 2.45) is 0 Å². The van der Waals surface area contributed by atoms with E-state index in [2.05, 4.69) is 9.88 Å². The molecular formula is C17H18N2O6S. The standard InChI is InChI=1S/C17H18N2O6S/c1-10-11(2)18-25-17(10)14-7-8-16(24-14)26(20,21)19-13-6-5-12(22-3)9-15(13)23-4/h5-9,19H,1-4H3. The van der Waals surface area contributed by atoms with Gasteiger partial charge in [-0.3, -0.25) is 4.72 Å². The lowest BCUT2D eigenvalue weighted by atomic mass is 10.2. The van der Waals surface area contributed by atoms with E-state index in [4.69, 9.17) is 18.4 Å². The lowest BCUT2D eigenvalue weighted by Gasteiger charge is -2.11. The maximum absolute atomic E-state index is 12.6. The number of hydrogen-bond acceptors (Lipinski definition) is 7. The first kappa shape index (κ1) is 17.9. The third-order valence-corrected chi connectivity index (χ3v) is 5.12. The van der Waals surface area contributed by atoms with Crippen LogP contribution in [0.3, 0.4) is 0 Å². The molecule has 138 valence electrons. The van der Waals surface area contributed by atoms with Gasteiger partial charge in [0.05, 0.1) is 25.6 Å². The Morgan fingerprint density at radius 2 is 1.85 bits per heavy atom. The molecule has 0 bridgehead atoms. The van der Waals surface area contributed by atoms with Crippen LogP contribution in [0.2, 0.25) is 0 Å². The van der Waals surface area contributed by atoms with E-state index in [1.807, 2.05) is 6.92 Å². The summed E-state index contributed by atoms with van der Waals surface area (Å²) in [5.41, 5.74) is 1.76. The molecule has 0 radical (unpaired) electrons. The summed E-state index contributed by atoms with van der Waals surface area (Å²) in [6.45, 7) is 3.61. The molecule has 3 rings (SSSR count). The Morgan fingerprint density at radius 1 is 1.08 bits per heavy atom. The minimum absolute atomic E-state index is 0.251. The van der Waals surface area contributed by atoms with Crippen LogP contribution in [0, 0.1) is 13.8 Å². The molecule has 2 heterocycles. The first-order valence-corrected chi connectivity index (χ1v) is 9.12. The van der Waals surface area contributed by atoms with Crippen LogP contribution in [0.4, 0.5) is 5.69 Å². The molecule has 0 aliphatic carbocycles. The van der Waals surface area contributed by atoms with Gasteiger partial charge in [-0.2, -0.15) is 8.42 Å². The number of nitrogens with zero attached hydrogens (tertiary/aromatic N) is 1. The normalized spacial score (nSPS) is 11.4. The highest BCUT2D eigenvalue weighted by molar-refractivity contribution is 7.92. The van der Waals surface area contributed by atoms with Gasteiger partial charge in [0.15, 0.2) is 5.76 Å². The molecule has 0 unspecified atom stereocenters. The van der Waals surface area contributed by atoms with Crippen LogP contribution >= 0.6 is 0 Å². The van der Waals surface area contributed by atoms with Crippen molar-refractivity contribution in [3.05, 3.63) is 41.6 Å². The number of methoxy groups -OCH3 is 2. The van der Waals surface area contributed by atoms with E-state index in [0.717, 1.165) is 5.56 Å². The Morgan fingerprint density at radius 3 is 2.46 bits per heavy atom. The lowest BCUT2D eigenvalue weighted by Crippen LogP contribution is -2.12. The highest BCUT2D eigenvalue weighted by Gasteiger charge is 2.23. The molecule has 0 atom stereocenters. The van der Waals surface area contributed by atoms with Crippen molar-refractivity contribution in [2.75, 3.05) is 18.9 Å². The van der Waals surface area contributed by atoms with Crippen molar-refractivity contribution < 1.29 is 26.8 Å². The van der Waals surface area contributed by atoms with Gasteiger partial charge in [-0.25, -0.2) is 0 Å². The van der Waals surface area contributed by atoms with Crippen LogP contribution in [-0.2, 0) is 10.0 Å². The van der Waals surface area contributed by atoms with Crippen LogP contribution in [0.25, 0.3) is 11.5 Å².